The van der Waals surface area contributed by atoms with Gasteiger partial charge in [-0.1, -0.05) is 18.2 Å². The molecule has 0 unspecified atom stereocenters. The first-order valence-electron chi connectivity index (χ1n) is 5.78. The van der Waals surface area contributed by atoms with Crippen molar-refractivity contribution < 1.29 is 17.9 Å². The lowest BCUT2D eigenvalue weighted by Crippen LogP contribution is -2.06. The molecular weight excluding hydrogens is 335 g/mol. The molecule has 1 aromatic heterocycles. The normalized spacial score (nSPS) is 11.4. The zero-order valence-corrected chi connectivity index (χ0v) is 12.1. The van der Waals surface area contributed by atoms with Gasteiger partial charge in [-0.2, -0.15) is 13.2 Å². The molecule has 1 aromatic carbocycles. The molecule has 0 saturated carbocycles. The molecule has 0 N–H and O–H groups in total. The summed E-state index contributed by atoms with van der Waals surface area (Å²) in [5.74, 6) is 0.361. The third-order valence-electron chi connectivity index (χ3n) is 2.65. The van der Waals surface area contributed by atoms with Gasteiger partial charge in [0.25, 0.3) is 0 Å². The van der Waals surface area contributed by atoms with Crippen LogP contribution in [0.3, 0.4) is 0 Å². The Kier molecular flexibility index (Phi) is 4.32. The maximum atomic E-state index is 12.6. The van der Waals surface area contributed by atoms with Gasteiger partial charge in [-0.05, 0) is 46.1 Å². The Labute approximate surface area is 122 Å². The topological polar surface area (TPSA) is 22.1 Å². The largest absolute Gasteiger partial charge is 0.473 e. The Morgan fingerprint density at radius 3 is 2.60 bits per heavy atom. The number of hydrogen-bond acceptors (Lipinski definition) is 2. The molecule has 6 heteroatoms. The van der Waals surface area contributed by atoms with E-state index in [1.165, 1.54) is 6.07 Å². The molecule has 106 valence electrons. The van der Waals surface area contributed by atoms with Crippen molar-refractivity contribution in [1.82, 2.24) is 4.98 Å². The van der Waals surface area contributed by atoms with Gasteiger partial charge in [0, 0.05) is 6.07 Å². The summed E-state index contributed by atoms with van der Waals surface area (Å²) in [4.78, 5) is 4.13. The molecule has 0 atom stereocenters. The van der Waals surface area contributed by atoms with Crippen LogP contribution in [0.1, 0.15) is 16.7 Å². The highest BCUT2D eigenvalue weighted by atomic mass is 79.9. The van der Waals surface area contributed by atoms with E-state index in [0.717, 1.165) is 17.7 Å². The fourth-order valence-electron chi connectivity index (χ4n) is 1.56. The maximum Gasteiger partial charge on any atom is 0.416 e. The van der Waals surface area contributed by atoms with Gasteiger partial charge in [0.2, 0.25) is 5.88 Å². The molecule has 0 aliphatic carbocycles. The van der Waals surface area contributed by atoms with E-state index in [4.69, 9.17) is 4.74 Å². The summed E-state index contributed by atoms with van der Waals surface area (Å²) < 4.78 is 43.7. The van der Waals surface area contributed by atoms with Crippen LogP contribution in [0, 0.1) is 6.92 Å². The fourth-order valence-corrected chi connectivity index (χ4v) is 1.87. The van der Waals surface area contributed by atoms with Crippen LogP contribution in [0.2, 0.25) is 0 Å². The van der Waals surface area contributed by atoms with Gasteiger partial charge in [0.1, 0.15) is 11.2 Å². The highest BCUT2D eigenvalue weighted by Gasteiger charge is 2.30. The van der Waals surface area contributed by atoms with E-state index in [9.17, 15) is 13.2 Å². The molecule has 2 nitrogen and oxygen atoms in total. The molecule has 0 bridgehead atoms. The summed E-state index contributed by atoms with van der Waals surface area (Å²) in [6, 6.07) is 8.54. The Morgan fingerprint density at radius 1 is 1.20 bits per heavy atom. The highest BCUT2D eigenvalue weighted by Crippen LogP contribution is 2.29. The standard InChI is InChI=1S/C14H11BrF3NO/c1-9-5-6-12(19-13(9)15)20-8-10-3-2-4-11(7-10)14(16,17)18/h2-7H,8H2,1H3. The summed E-state index contributed by atoms with van der Waals surface area (Å²) in [5, 5.41) is 0. The van der Waals surface area contributed by atoms with Gasteiger partial charge >= 0.3 is 6.18 Å². The van der Waals surface area contributed by atoms with Crippen molar-refractivity contribution >= 4 is 15.9 Å². The van der Waals surface area contributed by atoms with Crippen LogP contribution in [0.25, 0.3) is 0 Å². The van der Waals surface area contributed by atoms with Gasteiger partial charge in [-0.25, -0.2) is 4.98 Å². The van der Waals surface area contributed by atoms with E-state index < -0.39 is 11.7 Å². The summed E-state index contributed by atoms with van der Waals surface area (Å²) >= 11 is 3.27. The average Bonchev–Trinajstić information content (AvgIpc) is 2.39. The smallest absolute Gasteiger partial charge is 0.416 e. The third kappa shape index (κ3) is 3.72. The summed E-state index contributed by atoms with van der Waals surface area (Å²) in [7, 11) is 0. The average molecular weight is 346 g/mol. The third-order valence-corrected chi connectivity index (χ3v) is 3.45. The van der Waals surface area contributed by atoms with Crippen LogP contribution < -0.4 is 4.74 Å². The van der Waals surface area contributed by atoms with Crippen LogP contribution in [-0.2, 0) is 12.8 Å². The molecule has 0 aliphatic heterocycles. The van der Waals surface area contributed by atoms with Crippen LogP contribution in [0.5, 0.6) is 5.88 Å². The van der Waals surface area contributed by atoms with Crippen LogP contribution in [0.15, 0.2) is 41.0 Å². The number of ether oxygens (including phenoxy) is 1. The Bertz CT molecular complexity index is 614. The number of alkyl halides is 3. The maximum absolute atomic E-state index is 12.6. The summed E-state index contributed by atoms with van der Waals surface area (Å²) in [6.45, 7) is 1.92. The van der Waals surface area contributed by atoms with E-state index in [-0.39, 0.29) is 6.61 Å². The molecular formula is C14H11BrF3NO. The minimum absolute atomic E-state index is 0.0341. The van der Waals surface area contributed by atoms with E-state index in [1.807, 2.05) is 13.0 Å². The number of rotatable bonds is 3. The van der Waals surface area contributed by atoms with Crippen molar-refractivity contribution in [2.45, 2.75) is 19.7 Å². The molecule has 0 radical (unpaired) electrons. The number of pyridine rings is 1. The number of halogens is 4. The minimum Gasteiger partial charge on any atom is -0.473 e. The van der Waals surface area contributed by atoms with Gasteiger partial charge < -0.3 is 4.74 Å². The summed E-state index contributed by atoms with van der Waals surface area (Å²) in [5.41, 5.74) is 0.714. The van der Waals surface area contributed by atoms with Gasteiger partial charge in [-0.15, -0.1) is 0 Å². The Morgan fingerprint density at radius 2 is 1.95 bits per heavy atom. The van der Waals surface area contributed by atoms with Crippen LogP contribution in [-0.4, -0.2) is 4.98 Å². The molecule has 20 heavy (non-hydrogen) atoms. The van der Waals surface area contributed by atoms with Crippen LogP contribution in [0.4, 0.5) is 13.2 Å². The molecule has 0 aliphatic rings. The predicted molar refractivity (Wildman–Crippen MR) is 72.5 cm³/mol. The van der Waals surface area contributed by atoms with Crippen molar-refractivity contribution in [3.63, 3.8) is 0 Å². The molecule has 0 amide bonds. The number of hydrogen-bond donors (Lipinski definition) is 0. The van der Waals surface area contributed by atoms with E-state index in [2.05, 4.69) is 20.9 Å². The first-order chi connectivity index (χ1) is 9.36. The van der Waals surface area contributed by atoms with Crippen molar-refractivity contribution in [1.29, 1.82) is 0 Å². The minimum atomic E-state index is -4.35. The van der Waals surface area contributed by atoms with Gasteiger partial charge in [0.15, 0.2) is 0 Å². The second kappa shape index (κ2) is 5.83. The molecule has 0 saturated heterocycles. The Balaban J connectivity index is 2.09. The first kappa shape index (κ1) is 14.8. The fraction of sp³-hybridized carbons (Fsp3) is 0.214. The second-order valence-electron chi connectivity index (χ2n) is 4.24. The zero-order chi connectivity index (χ0) is 14.8. The van der Waals surface area contributed by atoms with Crippen molar-refractivity contribution in [2.75, 3.05) is 0 Å². The number of nitrogens with zero attached hydrogens (tertiary/aromatic N) is 1. The molecule has 2 rings (SSSR count). The van der Waals surface area contributed by atoms with Crippen molar-refractivity contribution in [3.05, 3.63) is 57.7 Å². The second-order valence-corrected chi connectivity index (χ2v) is 5.00. The number of benzene rings is 1. The molecule has 0 fully saturated rings. The van der Waals surface area contributed by atoms with E-state index in [1.54, 1.807) is 12.1 Å². The zero-order valence-electron chi connectivity index (χ0n) is 10.5. The Hall–Kier alpha value is -1.56. The van der Waals surface area contributed by atoms with E-state index >= 15 is 0 Å². The predicted octanol–water partition coefficient (Wildman–Crippen LogP) is 4.75. The van der Waals surface area contributed by atoms with Crippen molar-refractivity contribution in [3.8, 4) is 5.88 Å². The van der Waals surface area contributed by atoms with E-state index in [0.29, 0.717) is 16.0 Å². The lowest BCUT2D eigenvalue weighted by Gasteiger charge is -2.10. The SMILES string of the molecule is Cc1ccc(OCc2cccc(C(F)(F)F)c2)nc1Br. The lowest BCUT2D eigenvalue weighted by atomic mass is 10.1. The van der Waals surface area contributed by atoms with Gasteiger partial charge in [0.05, 0.1) is 5.56 Å². The number of aromatic nitrogens is 1. The van der Waals surface area contributed by atoms with Crippen LogP contribution >= 0.6 is 15.9 Å². The quantitative estimate of drug-likeness (QED) is 0.749. The first-order valence-corrected chi connectivity index (χ1v) is 6.57. The summed E-state index contributed by atoms with van der Waals surface area (Å²) in [6.07, 6.45) is -4.35. The number of aryl methyl sites for hydroxylation is 1. The highest BCUT2D eigenvalue weighted by molar-refractivity contribution is 9.10. The lowest BCUT2D eigenvalue weighted by molar-refractivity contribution is -0.137. The molecule has 2 aromatic rings. The van der Waals surface area contributed by atoms with Crippen molar-refractivity contribution in [2.24, 2.45) is 0 Å². The monoisotopic (exact) mass is 345 g/mol. The molecule has 0 spiro atoms. The molecule has 1 heterocycles. The van der Waals surface area contributed by atoms with Gasteiger partial charge in [-0.3, -0.25) is 0 Å².